The zero-order valence-corrected chi connectivity index (χ0v) is 9.14. The van der Waals surface area contributed by atoms with E-state index in [1.807, 2.05) is 28.7 Å². The minimum Gasteiger partial charge on any atom is -0.497 e. The molecule has 2 heterocycles. The van der Waals surface area contributed by atoms with E-state index in [0.717, 1.165) is 22.3 Å². The molecule has 1 aromatic carbocycles. The molecule has 16 heavy (non-hydrogen) atoms. The van der Waals surface area contributed by atoms with E-state index in [4.69, 9.17) is 4.74 Å². The second kappa shape index (κ2) is 3.20. The van der Waals surface area contributed by atoms with Crippen LogP contribution in [0.1, 0.15) is 5.56 Å². The Morgan fingerprint density at radius 2 is 2.12 bits per heavy atom. The highest BCUT2D eigenvalue weighted by atomic mass is 16.5. The van der Waals surface area contributed by atoms with Crippen molar-refractivity contribution < 1.29 is 4.74 Å². The molecule has 0 aliphatic rings. The average Bonchev–Trinajstić information content (AvgIpc) is 2.77. The molecule has 4 nitrogen and oxygen atoms in total. The highest BCUT2D eigenvalue weighted by Gasteiger charge is 2.05. The third-order valence-electron chi connectivity index (χ3n) is 2.81. The van der Waals surface area contributed by atoms with Gasteiger partial charge in [-0.25, -0.2) is 0 Å². The van der Waals surface area contributed by atoms with Gasteiger partial charge < -0.3 is 4.74 Å². The fraction of sp³-hybridized carbons (Fsp3) is 0.167. The first-order valence-corrected chi connectivity index (χ1v) is 5.06. The second-order valence-electron chi connectivity index (χ2n) is 3.77. The molecule has 3 rings (SSSR count). The Balaban J connectivity index is 2.49. The number of rotatable bonds is 1. The minimum absolute atomic E-state index is 0.864. The molecular weight excluding hydrogens is 202 g/mol. The van der Waals surface area contributed by atoms with Crippen molar-refractivity contribution in [3.8, 4) is 5.75 Å². The van der Waals surface area contributed by atoms with Crippen LogP contribution in [0.15, 0.2) is 30.6 Å². The van der Waals surface area contributed by atoms with E-state index < -0.39 is 0 Å². The summed E-state index contributed by atoms with van der Waals surface area (Å²) in [5, 5.41) is 9.13. The number of ether oxygens (including phenoxy) is 1. The van der Waals surface area contributed by atoms with Gasteiger partial charge in [0.25, 0.3) is 0 Å². The van der Waals surface area contributed by atoms with Gasteiger partial charge in [-0.3, -0.25) is 4.40 Å². The number of aryl methyl sites for hydroxylation is 1. The summed E-state index contributed by atoms with van der Waals surface area (Å²) >= 11 is 0. The first kappa shape index (κ1) is 9.15. The molecule has 0 amide bonds. The van der Waals surface area contributed by atoms with Crippen molar-refractivity contribution in [3.63, 3.8) is 0 Å². The van der Waals surface area contributed by atoms with Gasteiger partial charge in [-0.2, -0.15) is 0 Å². The van der Waals surface area contributed by atoms with Gasteiger partial charge in [0.15, 0.2) is 5.65 Å². The SMILES string of the molecule is COc1ccc2c(c1)c(C)cc1nncn12. The number of pyridine rings is 1. The quantitative estimate of drug-likeness (QED) is 0.622. The summed E-state index contributed by atoms with van der Waals surface area (Å²) in [5.41, 5.74) is 3.14. The summed E-state index contributed by atoms with van der Waals surface area (Å²) in [6, 6.07) is 8.03. The number of aromatic nitrogens is 3. The van der Waals surface area contributed by atoms with Gasteiger partial charge in [0.1, 0.15) is 12.1 Å². The summed E-state index contributed by atoms with van der Waals surface area (Å²) in [6.07, 6.45) is 1.73. The number of fused-ring (bicyclic) bond motifs is 3. The van der Waals surface area contributed by atoms with Gasteiger partial charge >= 0.3 is 0 Å². The van der Waals surface area contributed by atoms with Crippen molar-refractivity contribution in [1.82, 2.24) is 14.6 Å². The smallest absolute Gasteiger partial charge is 0.161 e. The van der Waals surface area contributed by atoms with Crippen LogP contribution in [0.5, 0.6) is 5.75 Å². The van der Waals surface area contributed by atoms with E-state index in [0.29, 0.717) is 0 Å². The Hall–Kier alpha value is -2.10. The number of hydrogen-bond acceptors (Lipinski definition) is 3. The fourth-order valence-corrected chi connectivity index (χ4v) is 1.97. The van der Waals surface area contributed by atoms with Crippen LogP contribution in [0.3, 0.4) is 0 Å². The van der Waals surface area contributed by atoms with Crippen molar-refractivity contribution in [3.05, 3.63) is 36.2 Å². The first-order chi connectivity index (χ1) is 7.79. The molecule has 80 valence electrons. The molecule has 0 N–H and O–H groups in total. The van der Waals surface area contributed by atoms with Crippen LogP contribution in [0, 0.1) is 6.92 Å². The standard InChI is InChI=1S/C12H11N3O/c1-8-5-12-14-13-7-15(12)11-4-3-9(16-2)6-10(8)11/h3-7H,1-2H3. The van der Waals surface area contributed by atoms with Crippen LogP contribution in [0.25, 0.3) is 16.6 Å². The van der Waals surface area contributed by atoms with Gasteiger partial charge in [-0.15, -0.1) is 10.2 Å². The number of methoxy groups -OCH3 is 1. The number of benzene rings is 1. The molecule has 0 spiro atoms. The first-order valence-electron chi connectivity index (χ1n) is 5.06. The maximum absolute atomic E-state index is 5.23. The molecule has 0 fully saturated rings. The van der Waals surface area contributed by atoms with Gasteiger partial charge in [-0.05, 0) is 36.8 Å². The molecule has 3 aromatic rings. The van der Waals surface area contributed by atoms with Crippen LogP contribution in [-0.4, -0.2) is 21.7 Å². The van der Waals surface area contributed by atoms with Crippen molar-refractivity contribution in [2.75, 3.05) is 7.11 Å². The molecule has 0 aliphatic carbocycles. The second-order valence-corrected chi connectivity index (χ2v) is 3.77. The lowest BCUT2D eigenvalue weighted by Crippen LogP contribution is -1.91. The monoisotopic (exact) mass is 213 g/mol. The summed E-state index contributed by atoms with van der Waals surface area (Å²) in [4.78, 5) is 0. The Morgan fingerprint density at radius 3 is 2.94 bits per heavy atom. The Morgan fingerprint density at radius 1 is 1.25 bits per heavy atom. The summed E-state index contributed by atoms with van der Waals surface area (Å²) in [6.45, 7) is 2.07. The Kier molecular flexibility index (Phi) is 1.83. The predicted octanol–water partition coefficient (Wildman–Crippen LogP) is 2.20. The third-order valence-corrected chi connectivity index (χ3v) is 2.81. The average molecular weight is 213 g/mol. The normalized spacial score (nSPS) is 11.1. The molecule has 0 aliphatic heterocycles. The molecule has 4 heteroatoms. The third kappa shape index (κ3) is 1.16. The summed E-state index contributed by atoms with van der Waals surface area (Å²) in [5.74, 6) is 0.864. The van der Waals surface area contributed by atoms with E-state index in [2.05, 4.69) is 17.1 Å². The minimum atomic E-state index is 0.864. The zero-order valence-electron chi connectivity index (χ0n) is 9.14. The maximum atomic E-state index is 5.23. The van der Waals surface area contributed by atoms with Crippen molar-refractivity contribution in [1.29, 1.82) is 0 Å². The van der Waals surface area contributed by atoms with Crippen molar-refractivity contribution in [2.45, 2.75) is 6.92 Å². The molecule has 0 unspecified atom stereocenters. The molecule has 0 saturated heterocycles. The fourth-order valence-electron chi connectivity index (χ4n) is 1.97. The maximum Gasteiger partial charge on any atom is 0.161 e. The van der Waals surface area contributed by atoms with E-state index in [9.17, 15) is 0 Å². The van der Waals surface area contributed by atoms with Crippen LogP contribution < -0.4 is 4.74 Å². The van der Waals surface area contributed by atoms with Gasteiger partial charge in [-0.1, -0.05) is 0 Å². The molecular formula is C12H11N3O. The molecule has 0 bridgehead atoms. The lowest BCUT2D eigenvalue weighted by molar-refractivity contribution is 0.415. The van der Waals surface area contributed by atoms with E-state index in [-0.39, 0.29) is 0 Å². The van der Waals surface area contributed by atoms with Crippen LogP contribution in [-0.2, 0) is 0 Å². The van der Waals surface area contributed by atoms with Crippen LogP contribution >= 0.6 is 0 Å². The van der Waals surface area contributed by atoms with Crippen LogP contribution in [0.4, 0.5) is 0 Å². The lowest BCUT2D eigenvalue weighted by Gasteiger charge is -2.07. The Labute approximate surface area is 92.5 Å². The van der Waals surface area contributed by atoms with Gasteiger partial charge in [0.2, 0.25) is 0 Å². The van der Waals surface area contributed by atoms with Gasteiger partial charge in [0.05, 0.1) is 12.6 Å². The van der Waals surface area contributed by atoms with Crippen molar-refractivity contribution >= 4 is 16.6 Å². The van der Waals surface area contributed by atoms with E-state index in [1.165, 1.54) is 5.56 Å². The highest BCUT2D eigenvalue weighted by Crippen LogP contribution is 2.24. The van der Waals surface area contributed by atoms with Gasteiger partial charge in [0, 0.05) is 5.39 Å². The number of hydrogen-bond donors (Lipinski definition) is 0. The topological polar surface area (TPSA) is 39.4 Å². The molecule has 0 radical (unpaired) electrons. The zero-order chi connectivity index (χ0) is 11.1. The molecule has 0 atom stereocenters. The summed E-state index contributed by atoms with van der Waals surface area (Å²) in [7, 11) is 1.67. The van der Waals surface area contributed by atoms with E-state index in [1.54, 1.807) is 13.4 Å². The summed E-state index contributed by atoms with van der Waals surface area (Å²) < 4.78 is 7.20. The Bertz CT molecular complexity index is 672. The lowest BCUT2D eigenvalue weighted by atomic mass is 10.1. The predicted molar refractivity (Wildman–Crippen MR) is 61.8 cm³/mol. The van der Waals surface area contributed by atoms with E-state index >= 15 is 0 Å². The molecule has 0 saturated carbocycles. The molecule has 2 aromatic heterocycles. The largest absolute Gasteiger partial charge is 0.497 e. The highest BCUT2D eigenvalue weighted by molar-refractivity contribution is 5.86. The van der Waals surface area contributed by atoms with Crippen LogP contribution in [0.2, 0.25) is 0 Å². The number of nitrogens with zero attached hydrogens (tertiary/aromatic N) is 3. The van der Waals surface area contributed by atoms with Crippen molar-refractivity contribution in [2.24, 2.45) is 0 Å².